The van der Waals surface area contributed by atoms with Crippen LogP contribution >= 0.6 is 11.3 Å². The summed E-state index contributed by atoms with van der Waals surface area (Å²) in [5.74, 6) is 2.20. The lowest BCUT2D eigenvalue weighted by atomic mass is 9.97. The van der Waals surface area contributed by atoms with Gasteiger partial charge in [0, 0.05) is 13.1 Å². The molecule has 0 bridgehead atoms. The van der Waals surface area contributed by atoms with Crippen LogP contribution in [0.1, 0.15) is 30.2 Å². The number of carbonyl (C=O) groups excluding carboxylic acids is 1. The molecule has 0 aliphatic carbocycles. The van der Waals surface area contributed by atoms with Crippen molar-refractivity contribution in [3.8, 4) is 16.5 Å². The number of piperidine rings is 1. The third-order valence-electron chi connectivity index (χ3n) is 4.81. The predicted molar refractivity (Wildman–Crippen MR) is 103 cm³/mol. The molecular weight excluding hydrogens is 362 g/mol. The van der Waals surface area contributed by atoms with Crippen molar-refractivity contribution in [3.63, 3.8) is 0 Å². The molecule has 3 aromatic rings. The quantitative estimate of drug-likeness (QED) is 0.671. The molecule has 3 heterocycles. The molecule has 4 rings (SSSR count). The highest BCUT2D eigenvalue weighted by Gasteiger charge is 2.28. The van der Waals surface area contributed by atoms with Crippen molar-refractivity contribution in [2.45, 2.75) is 25.2 Å². The number of ether oxygens (including phenoxy) is 1. The Balaban J connectivity index is 1.40. The lowest BCUT2D eigenvalue weighted by Gasteiger charge is -2.31. The summed E-state index contributed by atoms with van der Waals surface area (Å²) in [5.41, 5.74) is 0.987. The summed E-state index contributed by atoms with van der Waals surface area (Å²) in [7, 11) is 1.63. The Morgan fingerprint density at radius 3 is 2.89 bits per heavy atom. The Hall–Kier alpha value is -2.67. The summed E-state index contributed by atoms with van der Waals surface area (Å²) in [5, 5.41) is 10.4. The van der Waals surface area contributed by atoms with Crippen LogP contribution < -0.4 is 4.74 Å². The van der Waals surface area contributed by atoms with Gasteiger partial charge in [0.25, 0.3) is 5.89 Å². The molecule has 2 aromatic heterocycles. The molecule has 1 fully saturated rings. The first-order valence-corrected chi connectivity index (χ1v) is 9.89. The molecule has 27 heavy (non-hydrogen) atoms. The van der Waals surface area contributed by atoms with Crippen LogP contribution in [-0.2, 0) is 11.2 Å². The second-order valence-corrected chi connectivity index (χ2v) is 7.57. The summed E-state index contributed by atoms with van der Waals surface area (Å²) in [6.45, 7) is 1.40. The van der Waals surface area contributed by atoms with Gasteiger partial charge in [0.1, 0.15) is 5.75 Å². The molecule has 0 N–H and O–H groups in total. The Bertz CT molecular complexity index is 890. The van der Waals surface area contributed by atoms with Crippen LogP contribution in [0.3, 0.4) is 0 Å². The molecule has 1 atom stereocenters. The van der Waals surface area contributed by atoms with Crippen molar-refractivity contribution in [2.24, 2.45) is 0 Å². The molecule has 0 saturated carbocycles. The molecule has 6 nitrogen and oxygen atoms in total. The van der Waals surface area contributed by atoms with Crippen LogP contribution in [-0.4, -0.2) is 41.2 Å². The van der Waals surface area contributed by atoms with Crippen LogP contribution in [0.4, 0.5) is 0 Å². The molecule has 1 saturated heterocycles. The van der Waals surface area contributed by atoms with Gasteiger partial charge in [-0.3, -0.25) is 4.79 Å². The summed E-state index contributed by atoms with van der Waals surface area (Å²) >= 11 is 1.58. The van der Waals surface area contributed by atoms with Gasteiger partial charge in [-0.05, 0) is 42.0 Å². The van der Waals surface area contributed by atoms with Gasteiger partial charge >= 0.3 is 0 Å². The van der Waals surface area contributed by atoms with Crippen LogP contribution in [0.2, 0.25) is 0 Å². The van der Waals surface area contributed by atoms with Crippen molar-refractivity contribution in [3.05, 3.63) is 53.2 Å². The highest BCUT2D eigenvalue weighted by molar-refractivity contribution is 7.13. The minimum absolute atomic E-state index is 0.0970. The highest BCUT2D eigenvalue weighted by Crippen LogP contribution is 2.30. The summed E-state index contributed by atoms with van der Waals surface area (Å²) in [6.07, 6.45) is 2.29. The van der Waals surface area contributed by atoms with Gasteiger partial charge in [-0.15, -0.1) is 21.5 Å². The number of likely N-dealkylation sites (tertiary alicyclic amines) is 1. The molecule has 1 aliphatic rings. The average molecular weight is 383 g/mol. The van der Waals surface area contributed by atoms with Crippen molar-refractivity contribution in [1.29, 1.82) is 0 Å². The smallest absolute Gasteiger partial charge is 0.257 e. The molecule has 7 heteroatoms. The number of carbonyl (C=O) groups is 1. The molecule has 1 aliphatic heterocycles. The van der Waals surface area contributed by atoms with Crippen molar-refractivity contribution >= 4 is 17.2 Å². The first kappa shape index (κ1) is 17.7. The fourth-order valence-corrected chi connectivity index (χ4v) is 3.98. The zero-order chi connectivity index (χ0) is 18.6. The largest absolute Gasteiger partial charge is 0.497 e. The molecule has 0 spiro atoms. The predicted octanol–water partition coefficient (Wildman–Crippen LogP) is 3.76. The second-order valence-electron chi connectivity index (χ2n) is 6.63. The van der Waals surface area contributed by atoms with Crippen LogP contribution in [0.5, 0.6) is 5.75 Å². The number of nitrogens with zero attached hydrogens (tertiary/aromatic N) is 3. The molecule has 0 radical (unpaired) electrons. The minimum atomic E-state index is 0.0970. The zero-order valence-corrected chi connectivity index (χ0v) is 15.9. The lowest BCUT2D eigenvalue weighted by Crippen LogP contribution is -2.40. The van der Waals surface area contributed by atoms with E-state index in [4.69, 9.17) is 9.15 Å². The second kappa shape index (κ2) is 7.92. The fourth-order valence-electron chi connectivity index (χ4n) is 3.33. The Labute approximate surface area is 161 Å². The first-order chi connectivity index (χ1) is 13.2. The third kappa shape index (κ3) is 4.03. The van der Waals surface area contributed by atoms with Gasteiger partial charge in [0.2, 0.25) is 11.8 Å². The van der Waals surface area contributed by atoms with Crippen LogP contribution in [0, 0.1) is 0 Å². The molecule has 1 aromatic carbocycles. The number of rotatable bonds is 5. The first-order valence-electron chi connectivity index (χ1n) is 9.01. The summed E-state index contributed by atoms with van der Waals surface area (Å²) in [4.78, 5) is 15.6. The number of thiophene rings is 1. The van der Waals surface area contributed by atoms with Gasteiger partial charge < -0.3 is 14.1 Å². The number of amides is 1. The minimum Gasteiger partial charge on any atom is -0.497 e. The molecule has 1 amide bonds. The van der Waals surface area contributed by atoms with Gasteiger partial charge in [0.05, 0.1) is 24.3 Å². The normalized spacial score (nSPS) is 17.1. The van der Waals surface area contributed by atoms with E-state index in [0.717, 1.165) is 35.6 Å². The SMILES string of the molecule is COc1ccc(CC(=O)N2CCC[C@H](c3nnc(-c4cccs4)o3)C2)cc1. The van der Waals surface area contributed by atoms with E-state index in [1.807, 2.05) is 46.7 Å². The topological polar surface area (TPSA) is 68.5 Å². The Morgan fingerprint density at radius 1 is 1.30 bits per heavy atom. The van der Waals surface area contributed by atoms with Crippen LogP contribution in [0.25, 0.3) is 10.8 Å². The van der Waals surface area contributed by atoms with Gasteiger partial charge in [-0.25, -0.2) is 0 Å². The van der Waals surface area contributed by atoms with E-state index in [-0.39, 0.29) is 11.8 Å². The number of hydrogen-bond donors (Lipinski definition) is 0. The number of benzene rings is 1. The average Bonchev–Trinajstić information content (AvgIpc) is 3.40. The standard InChI is InChI=1S/C20H21N3O3S/c1-25-16-8-6-14(7-9-16)12-18(24)23-10-2-4-15(13-23)19-21-22-20(26-19)17-5-3-11-27-17/h3,5-9,11,15H,2,4,10,12-13H2,1H3/t15-/m0/s1. The van der Waals surface area contributed by atoms with E-state index in [2.05, 4.69) is 10.2 Å². The van der Waals surface area contributed by atoms with E-state index >= 15 is 0 Å². The van der Waals surface area contributed by atoms with Crippen molar-refractivity contribution in [1.82, 2.24) is 15.1 Å². The Kier molecular flexibility index (Phi) is 5.20. The van der Waals surface area contributed by atoms with Gasteiger partial charge in [-0.2, -0.15) is 0 Å². The maximum absolute atomic E-state index is 12.7. The maximum Gasteiger partial charge on any atom is 0.257 e. The zero-order valence-electron chi connectivity index (χ0n) is 15.1. The van der Waals surface area contributed by atoms with E-state index in [9.17, 15) is 4.79 Å². The summed E-state index contributed by atoms with van der Waals surface area (Å²) < 4.78 is 11.0. The highest BCUT2D eigenvalue weighted by atomic mass is 32.1. The fraction of sp³-hybridized carbons (Fsp3) is 0.350. The molecule has 0 unspecified atom stereocenters. The van der Waals surface area contributed by atoms with E-state index in [1.165, 1.54) is 0 Å². The van der Waals surface area contributed by atoms with Gasteiger partial charge in [0.15, 0.2) is 0 Å². The number of methoxy groups -OCH3 is 1. The van der Waals surface area contributed by atoms with E-state index in [1.54, 1.807) is 18.4 Å². The van der Waals surface area contributed by atoms with Crippen LogP contribution in [0.15, 0.2) is 46.2 Å². The number of aromatic nitrogens is 2. The lowest BCUT2D eigenvalue weighted by molar-refractivity contribution is -0.131. The Morgan fingerprint density at radius 2 is 2.15 bits per heavy atom. The maximum atomic E-state index is 12.7. The van der Waals surface area contributed by atoms with Gasteiger partial charge in [-0.1, -0.05) is 18.2 Å². The van der Waals surface area contributed by atoms with Crippen molar-refractivity contribution < 1.29 is 13.9 Å². The van der Waals surface area contributed by atoms with E-state index < -0.39 is 0 Å². The number of hydrogen-bond acceptors (Lipinski definition) is 6. The van der Waals surface area contributed by atoms with Crippen molar-refractivity contribution in [2.75, 3.05) is 20.2 Å². The molecule has 140 valence electrons. The summed E-state index contributed by atoms with van der Waals surface area (Å²) in [6, 6.07) is 11.6. The van der Waals surface area contributed by atoms with E-state index in [0.29, 0.717) is 24.7 Å². The third-order valence-corrected chi connectivity index (χ3v) is 5.67. The molecular formula is C20H21N3O3S. The monoisotopic (exact) mass is 383 g/mol.